The lowest BCUT2D eigenvalue weighted by molar-refractivity contribution is 0.0685. The molecule has 6 heteroatoms. The Morgan fingerprint density at radius 1 is 1.31 bits per heavy atom. The van der Waals surface area contributed by atoms with Gasteiger partial charge >= 0.3 is 0 Å². The number of carbonyl (C=O) groups is 1. The third-order valence-electron chi connectivity index (χ3n) is 5.48. The molecule has 2 aromatic rings. The van der Waals surface area contributed by atoms with Crippen molar-refractivity contribution in [2.45, 2.75) is 32.3 Å². The lowest BCUT2D eigenvalue weighted by atomic mass is 9.92. The van der Waals surface area contributed by atoms with E-state index in [2.05, 4.69) is 24.0 Å². The first-order chi connectivity index (χ1) is 12.5. The van der Waals surface area contributed by atoms with Crippen LogP contribution in [-0.4, -0.2) is 64.1 Å². The third-order valence-corrected chi connectivity index (χ3v) is 5.48. The van der Waals surface area contributed by atoms with Crippen molar-refractivity contribution < 1.29 is 9.90 Å². The van der Waals surface area contributed by atoms with Gasteiger partial charge in [-0.05, 0) is 70.4 Å². The molecule has 3 rings (SSSR count). The van der Waals surface area contributed by atoms with Crippen LogP contribution in [0.15, 0.2) is 18.2 Å². The number of imidazole rings is 1. The number of aliphatic hydroxyl groups is 1. The lowest BCUT2D eigenvalue weighted by Gasteiger charge is -2.32. The fourth-order valence-electron chi connectivity index (χ4n) is 3.83. The van der Waals surface area contributed by atoms with Crippen LogP contribution in [0.2, 0.25) is 0 Å². The number of likely N-dealkylation sites (tertiary alicyclic amines) is 1. The minimum atomic E-state index is -0.101. The van der Waals surface area contributed by atoms with Gasteiger partial charge in [0.2, 0.25) is 0 Å². The second-order valence-electron chi connectivity index (χ2n) is 7.63. The molecule has 1 aliphatic heterocycles. The molecule has 0 saturated carbocycles. The molecule has 26 heavy (non-hydrogen) atoms. The van der Waals surface area contributed by atoms with Crippen LogP contribution in [0.25, 0.3) is 11.0 Å². The largest absolute Gasteiger partial charge is 0.388 e. The predicted octanol–water partition coefficient (Wildman–Crippen LogP) is 2.26. The Morgan fingerprint density at radius 3 is 2.69 bits per heavy atom. The molecule has 0 spiro atoms. The van der Waals surface area contributed by atoms with Gasteiger partial charge in [0.05, 0.1) is 11.0 Å². The standard InChI is InChI=1S/C20H30N4O2/c1-22(2)10-4-5-15-8-11-24(12-9-15)20(26)16-6-7-18-17(13-16)21-19(14-25)23(18)3/h6-7,13,15,25H,4-5,8-12,14H2,1-3H3. The van der Waals surface area contributed by atoms with E-state index in [4.69, 9.17) is 0 Å². The number of hydrogen-bond donors (Lipinski definition) is 1. The Labute approximate surface area is 155 Å². The van der Waals surface area contributed by atoms with Gasteiger partial charge < -0.3 is 19.5 Å². The zero-order chi connectivity index (χ0) is 18.7. The Kier molecular flexibility index (Phi) is 5.94. The number of aliphatic hydroxyl groups excluding tert-OH is 1. The van der Waals surface area contributed by atoms with Crippen molar-refractivity contribution in [1.29, 1.82) is 0 Å². The van der Waals surface area contributed by atoms with Crippen LogP contribution in [0.1, 0.15) is 41.9 Å². The van der Waals surface area contributed by atoms with Gasteiger partial charge in [0.25, 0.3) is 5.91 Å². The molecule has 1 aromatic carbocycles. The number of nitrogens with zero attached hydrogens (tertiary/aromatic N) is 4. The summed E-state index contributed by atoms with van der Waals surface area (Å²) in [5.41, 5.74) is 2.39. The normalized spacial score (nSPS) is 16.0. The molecule has 1 aromatic heterocycles. The molecule has 0 radical (unpaired) electrons. The molecule has 1 aliphatic rings. The lowest BCUT2D eigenvalue weighted by Crippen LogP contribution is -2.38. The highest BCUT2D eigenvalue weighted by Gasteiger charge is 2.24. The second kappa shape index (κ2) is 8.18. The van der Waals surface area contributed by atoms with E-state index in [0.717, 1.165) is 49.4 Å². The number of aromatic nitrogens is 2. The van der Waals surface area contributed by atoms with Crippen LogP contribution in [0.5, 0.6) is 0 Å². The van der Waals surface area contributed by atoms with E-state index in [9.17, 15) is 9.90 Å². The molecule has 0 aliphatic carbocycles. The fraction of sp³-hybridized carbons (Fsp3) is 0.600. The molecule has 0 bridgehead atoms. The number of piperidine rings is 1. The van der Waals surface area contributed by atoms with Crippen molar-refractivity contribution in [3.63, 3.8) is 0 Å². The molecular weight excluding hydrogens is 328 g/mol. The molecule has 0 atom stereocenters. The topological polar surface area (TPSA) is 61.6 Å². The number of hydrogen-bond acceptors (Lipinski definition) is 4. The van der Waals surface area contributed by atoms with E-state index >= 15 is 0 Å². The maximum Gasteiger partial charge on any atom is 0.253 e. The van der Waals surface area contributed by atoms with Gasteiger partial charge in [0.1, 0.15) is 12.4 Å². The van der Waals surface area contributed by atoms with Crippen molar-refractivity contribution in [2.24, 2.45) is 13.0 Å². The van der Waals surface area contributed by atoms with Crippen molar-refractivity contribution >= 4 is 16.9 Å². The highest BCUT2D eigenvalue weighted by Crippen LogP contribution is 2.24. The van der Waals surface area contributed by atoms with Gasteiger partial charge in [-0.2, -0.15) is 0 Å². The fourth-order valence-corrected chi connectivity index (χ4v) is 3.83. The summed E-state index contributed by atoms with van der Waals surface area (Å²) in [4.78, 5) is 21.5. The molecule has 6 nitrogen and oxygen atoms in total. The quantitative estimate of drug-likeness (QED) is 0.860. The van der Waals surface area contributed by atoms with E-state index in [0.29, 0.717) is 11.4 Å². The minimum absolute atomic E-state index is 0.0924. The predicted molar refractivity (Wildman–Crippen MR) is 103 cm³/mol. The number of benzene rings is 1. The summed E-state index contributed by atoms with van der Waals surface area (Å²) < 4.78 is 1.86. The van der Waals surface area contributed by atoms with Gasteiger partial charge in [-0.1, -0.05) is 0 Å². The number of aryl methyl sites for hydroxylation is 1. The van der Waals surface area contributed by atoms with Gasteiger partial charge in [0.15, 0.2) is 0 Å². The average molecular weight is 358 g/mol. The summed E-state index contributed by atoms with van der Waals surface area (Å²) in [6.07, 6.45) is 4.68. The summed E-state index contributed by atoms with van der Waals surface area (Å²) in [5, 5.41) is 9.36. The van der Waals surface area contributed by atoms with E-state index < -0.39 is 0 Å². The summed E-state index contributed by atoms with van der Waals surface area (Å²) in [7, 11) is 6.11. The first-order valence-corrected chi connectivity index (χ1v) is 9.50. The van der Waals surface area contributed by atoms with Crippen LogP contribution in [0, 0.1) is 5.92 Å². The maximum absolute atomic E-state index is 12.9. The molecule has 142 valence electrons. The molecule has 1 N–H and O–H groups in total. The third kappa shape index (κ3) is 4.07. The van der Waals surface area contributed by atoms with E-state index in [1.54, 1.807) is 0 Å². The average Bonchev–Trinajstić information content (AvgIpc) is 2.97. The highest BCUT2D eigenvalue weighted by molar-refractivity contribution is 5.97. The number of fused-ring (bicyclic) bond motifs is 1. The summed E-state index contributed by atoms with van der Waals surface area (Å²) in [6, 6.07) is 5.64. The van der Waals surface area contributed by atoms with E-state index in [1.807, 2.05) is 34.7 Å². The van der Waals surface area contributed by atoms with Crippen LogP contribution in [0.3, 0.4) is 0 Å². The molecular formula is C20H30N4O2. The van der Waals surface area contributed by atoms with E-state index in [-0.39, 0.29) is 12.5 Å². The Bertz CT molecular complexity index is 761. The smallest absolute Gasteiger partial charge is 0.253 e. The Balaban J connectivity index is 1.61. The number of amides is 1. The summed E-state index contributed by atoms with van der Waals surface area (Å²) in [6.45, 7) is 2.72. The van der Waals surface area contributed by atoms with Gasteiger partial charge in [0, 0.05) is 25.7 Å². The zero-order valence-electron chi connectivity index (χ0n) is 16.1. The van der Waals surface area contributed by atoms with Crippen molar-refractivity contribution in [3.05, 3.63) is 29.6 Å². The molecule has 1 fully saturated rings. The number of carbonyl (C=O) groups excluding carboxylic acids is 1. The summed E-state index contributed by atoms with van der Waals surface area (Å²) in [5.74, 6) is 1.45. The van der Waals surface area contributed by atoms with Gasteiger partial charge in [-0.15, -0.1) is 0 Å². The first kappa shape index (κ1) is 18.9. The first-order valence-electron chi connectivity index (χ1n) is 9.50. The molecule has 2 heterocycles. The minimum Gasteiger partial charge on any atom is -0.388 e. The van der Waals surface area contributed by atoms with Gasteiger partial charge in [-0.25, -0.2) is 4.98 Å². The van der Waals surface area contributed by atoms with Crippen LogP contribution in [0.4, 0.5) is 0 Å². The molecule has 1 saturated heterocycles. The zero-order valence-corrected chi connectivity index (χ0v) is 16.1. The second-order valence-corrected chi connectivity index (χ2v) is 7.63. The molecule has 1 amide bonds. The van der Waals surface area contributed by atoms with Gasteiger partial charge in [-0.3, -0.25) is 4.79 Å². The Morgan fingerprint density at radius 2 is 2.04 bits per heavy atom. The number of rotatable bonds is 6. The SMILES string of the molecule is CN(C)CCCC1CCN(C(=O)c2ccc3c(c2)nc(CO)n3C)CC1. The summed E-state index contributed by atoms with van der Waals surface area (Å²) >= 11 is 0. The Hall–Kier alpha value is -1.92. The van der Waals surface area contributed by atoms with Crippen LogP contribution < -0.4 is 0 Å². The van der Waals surface area contributed by atoms with Crippen molar-refractivity contribution in [2.75, 3.05) is 33.7 Å². The molecule has 0 unspecified atom stereocenters. The van der Waals surface area contributed by atoms with Crippen molar-refractivity contribution in [1.82, 2.24) is 19.4 Å². The highest BCUT2D eigenvalue weighted by atomic mass is 16.3. The van der Waals surface area contributed by atoms with Crippen molar-refractivity contribution in [3.8, 4) is 0 Å². The van der Waals surface area contributed by atoms with E-state index in [1.165, 1.54) is 12.8 Å². The monoisotopic (exact) mass is 358 g/mol. The maximum atomic E-state index is 12.9. The van der Waals surface area contributed by atoms with Crippen LogP contribution >= 0.6 is 0 Å². The van der Waals surface area contributed by atoms with Crippen LogP contribution in [-0.2, 0) is 13.7 Å².